The lowest BCUT2D eigenvalue weighted by Gasteiger charge is -2.16. The summed E-state index contributed by atoms with van der Waals surface area (Å²) >= 11 is 0. The van der Waals surface area contributed by atoms with E-state index in [1.54, 1.807) is 14.2 Å². The summed E-state index contributed by atoms with van der Waals surface area (Å²) in [6, 6.07) is 5.68. The molecule has 2 atom stereocenters. The zero-order chi connectivity index (χ0) is 15.1. The van der Waals surface area contributed by atoms with E-state index >= 15 is 0 Å². The molecule has 0 aliphatic rings. The van der Waals surface area contributed by atoms with Crippen LogP contribution in [0.15, 0.2) is 18.2 Å². The van der Waals surface area contributed by atoms with Crippen LogP contribution in [0.1, 0.15) is 25.8 Å². The van der Waals surface area contributed by atoms with Gasteiger partial charge in [-0.15, -0.1) is 0 Å². The monoisotopic (exact) mass is 280 g/mol. The van der Waals surface area contributed by atoms with E-state index in [-0.39, 0.29) is 18.0 Å². The maximum absolute atomic E-state index is 11.6. The third kappa shape index (κ3) is 5.09. The van der Waals surface area contributed by atoms with Crippen LogP contribution < -0.4 is 20.5 Å². The maximum atomic E-state index is 11.6. The van der Waals surface area contributed by atoms with Crippen LogP contribution in [0, 0.1) is 0 Å². The SMILES string of the molecule is COc1ccc(CC(C)NC(=O)CC(C)N)cc1OC. The molecule has 1 amide bonds. The van der Waals surface area contributed by atoms with E-state index in [1.807, 2.05) is 32.0 Å². The highest BCUT2D eigenvalue weighted by atomic mass is 16.5. The molecule has 0 saturated carbocycles. The quantitative estimate of drug-likeness (QED) is 0.793. The van der Waals surface area contributed by atoms with Gasteiger partial charge in [-0.1, -0.05) is 6.07 Å². The molecule has 0 fully saturated rings. The number of carbonyl (C=O) groups excluding carboxylic acids is 1. The number of carbonyl (C=O) groups is 1. The van der Waals surface area contributed by atoms with E-state index in [9.17, 15) is 4.79 Å². The summed E-state index contributed by atoms with van der Waals surface area (Å²) in [6.45, 7) is 3.79. The summed E-state index contributed by atoms with van der Waals surface area (Å²) in [4.78, 5) is 11.6. The zero-order valence-electron chi connectivity index (χ0n) is 12.6. The number of hydrogen-bond donors (Lipinski definition) is 2. The predicted octanol–water partition coefficient (Wildman–Crippen LogP) is 1.49. The van der Waals surface area contributed by atoms with E-state index in [0.29, 0.717) is 17.9 Å². The molecule has 1 aromatic carbocycles. The first-order valence-electron chi connectivity index (χ1n) is 6.72. The van der Waals surface area contributed by atoms with Gasteiger partial charge in [-0.25, -0.2) is 0 Å². The van der Waals surface area contributed by atoms with Crippen molar-refractivity contribution >= 4 is 5.91 Å². The minimum absolute atomic E-state index is 0.0204. The molecule has 20 heavy (non-hydrogen) atoms. The molecule has 0 saturated heterocycles. The summed E-state index contributed by atoms with van der Waals surface area (Å²) in [5, 5.41) is 2.93. The number of amides is 1. The Morgan fingerprint density at radius 1 is 1.25 bits per heavy atom. The first-order chi connectivity index (χ1) is 9.46. The second-order valence-electron chi connectivity index (χ2n) is 5.04. The van der Waals surface area contributed by atoms with Gasteiger partial charge in [0.2, 0.25) is 5.91 Å². The molecule has 0 aromatic heterocycles. The van der Waals surface area contributed by atoms with Crippen molar-refractivity contribution in [1.29, 1.82) is 0 Å². The number of nitrogens with one attached hydrogen (secondary N) is 1. The summed E-state index contributed by atoms with van der Waals surface area (Å²) in [5.74, 6) is 1.37. The molecular formula is C15H24N2O3. The molecule has 1 rings (SSSR count). The van der Waals surface area contributed by atoms with Crippen molar-refractivity contribution in [2.24, 2.45) is 5.73 Å². The van der Waals surface area contributed by atoms with E-state index in [1.165, 1.54) is 0 Å². The largest absolute Gasteiger partial charge is 0.493 e. The average Bonchev–Trinajstić information content (AvgIpc) is 2.37. The van der Waals surface area contributed by atoms with Gasteiger partial charge >= 0.3 is 0 Å². The van der Waals surface area contributed by atoms with Crippen molar-refractivity contribution in [2.75, 3.05) is 14.2 Å². The summed E-state index contributed by atoms with van der Waals surface area (Å²) in [7, 11) is 3.21. The number of ether oxygens (including phenoxy) is 2. The number of nitrogens with two attached hydrogens (primary N) is 1. The lowest BCUT2D eigenvalue weighted by molar-refractivity contribution is -0.121. The van der Waals surface area contributed by atoms with Crippen LogP contribution in [0.3, 0.4) is 0 Å². The minimum Gasteiger partial charge on any atom is -0.493 e. The Kier molecular flexibility index (Phi) is 6.31. The number of rotatable bonds is 7. The van der Waals surface area contributed by atoms with Gasteiger partial charge in [0.15, 0.2) is 11.5 Å². The zero-order valence-corrected chi connectivity index (χ0v) is 12.6. The fourth-order valence-corrected chi connectivity index (χ4v) is 2.04. The third-order valence-corrected chi connectivity index (χ3v) is 2.90. The number of benzene rings is 1. The van der Waals surface area contributed by atoms with Crippen molar-refractivity contribution in [2.45, 2.75) is 38.8 Å². The van der Waals surface area contributed by atoms with Crippen LogP contribution in [-0.2, 0) is 11.2 Å². The average molecular weight is 280 g/mol. The van der Waals surface area contributed by atoms with Crippen LogP contribution in [0.5, 0.6) is 11.5 Å². The molecule has 1 aromatic rings. The van der Waals surface area contributed by atoms with Crippen molar-refractivity contribution in [3.8, 4) is 11.5 Å². The third-order valence-electron chi connectivity index (χ3n) is 2.90. The molecule has 112 valence electrons. The van der Waals surface area contributed by atoms with Crippen molar-refractivity contribution in [1.82, 2.24) is 5.32 Å². The molecule has 5 heteroatoms. The number of hydrogen-bond acceptors (Lipinski definition) is 4. The van der Waals surface area contributed by atoms with Gasteiger partial charge < -0.3 is 20.5 Å². The molecule has 0 bridgehead atoms. The van der Waals surface area contributed by atoms with Gasteiger partial charge in [0.25, 0.3) is 0 Å². The highest BCUT2D eigenvalue weighted by Crippen LogP contribution is 2.27. The second kappa shape index (κ2) is 7.75. The summed E-state index contributed by atoms with van der Waals surface area (Å²) < 4.78 is 10.5. The van der Waals surface area contributed by atoms with Crippen LogP contribution in [0.25, 0.3) is 0 Å². The Bertz CT molecular complexity index is 447. The molecule has 2 unspecified atom stereocenters. The van der Waals surface area contributed by atoms with Gasteiger partial charge in [-0.05, 0) is 38.0 Å². The van der Waals surface area contributed by atoms with Crippen molar-refractivity contribution in [3.63, 3.8) is 0 Å². The van der Waals surface area contributed by atoms with Gasteiger partial charge in [0, 0.05) is 18.5 Å². The molecule has 0 heterocycles. The molecule has 0 aliphatic heterocycles. The van der Waals surface area contributed by atoms with E-state index in [4.69, 9.17) is 15.2 Å². The highest BCUT2D eigenvalue weighted by Gasteiger charge is 2.11. The normalized spacial score (nSPS) is 13.4. The second-order valence-corrected chi connectivity index (χ2v) is 5.04. The first-order valence-corrected chi connectivity index (χ1v) is 6.72. The first kappa shape index (κ1) is 16.3. The van der Waals surface area contributed by atoms with Crippen LogP contribution in [0.4, 0.5) is 0 Å². The van der Waals surface area contributed by atoms with Gasteiger partial charge in [0.05, 0.1) is 14.2 Å². The molecule has 0 aliphatic carbocycles. The number of methoxy groups -OCH3 is 2. The van der Waals surface area contributed by atoms with Crippen LogP contribution >= 0.6 is 0 Å². The predicted molar refractivity (Wildman–Crippen MR) is 79.1 cm³/mol. The van der Waals surface area contributed by atoms with E-state index in [0.717, 1.165) is 12.0 Å². The van der Waals surface area contributed by atoms with Gasteiger partial charge in [-0.2, -0.15) is 0 Å². The topological polar surface area (TPSA) is 73.6 Å². The molecular weight excluding hydrogens is 256 g/mol. The standard InChI is InChI=1S/C15H24N2O3/c1-10(16)7-15(18)17-11(2)8-12-5-6-13(19-3)14(9-12)20-4/h5-6,9-11H,7-8,16H2,1-4H3,(H,17,18). The Hall–Kier alpha value is -1.75. The van der Waals surface area contributed by atoms with Gasteiger partial charge in [-0.3, -0.25) is 4.79 Å². The Morgan fingerprint density at radius 2 is 1.90 bits per heavy atom. The van der Waals surface area contributed by atoms with E-state index in [2.05, 4.69) is 5.32 Å². The van der Waals surface area contributed by atoms with Crippen molar-refractivity contribution < 1.29 is 14.3 Å². The molecule has 5 nitrogen and oxygen atoms in total. The lowest BCUT2D eigenvalue weighted by Crippen LogP contribution is -2.37. The Morgan fingerprint density at radius 3 is 2.45 bits per heavy atom. The van der Waals surface area contributed by atoms with Crippen LogP contribution in [0.2, 0.25) is 0 Å². The molecule has 0 spiro atoms. The lowest BCUT2D eigenvalue weighted by atomic mass is 10.1. The Labute approximate surface area is 120 Å². The fourth-order valence-electron chi connectivity index (χ4n) is 2.04. The van der Waals surface area contributed by atoms with Crippen molar-refractivity contribution in [3.05, 3.63) is 23.8 Å². The smallest absolute Gasteiger partial charge is 0.221 e. The maximum Gasteiger partial charge on any atom is 0.221 e. The van der Waals surface area contributed by atoms with Gasteiger partial charge in [0.1, 0.15) is 0 Å². The highest BCUT2D eigenvalue weighted by molar-refractivity contribution is 5.76. The summed E-state index contributed by atoms with van der Waals surface area (Å²) in [6.07, 6.45) is 1.07. The minimum atomic E-state index is -0.122. The Balaban J connectivity index is 2.61. The fraction of sp³-hybridized carbons (Fsp3) is 0.533. The summed E-state index contributed by atoms with van der Waals surface area (Å²) in [5.41, 5.74) is 6.68. The molecule has 3 N–H and O–H groups in total. The van der Waals surface area contributed by atoms with Crippen LogP contribution in [-0.4, -0.2) is 32.2 Å². The van der Waals surface area contributed by atoms with E-state index < -0.39 is 0 Å². The molecule has 0 radical (unpaired) electrons.